The van der Waals surface area contributed by atoms with Gasteiger partial charge in [0.15, 0.2) is 5.69 Å². The third kappa shape index (κ3) is 4.71. The van der Waals surface area contributed by atoms with E-state index in [4.69, 9.17) is 5.11 Å². The van der Waals surface area contributed by atoms with Crippen LogP contribution < -0.4 is 0 Å². The standard InChI is InChI=1S/C19H20F3N3O3/c20-19(21,22)16-8-10-25(23-16)15-5-1-4-14(11-15)18(28)24-9-2-3-13(12-24)6-7-17(26)27/h1,4-5,8,10-11,13H,2-3,6-7,9,12H2,(H,26,27). The summed E-state index contributed by atoms with van der Waals surface area (Å²) in [4.78, 5) is 25.3. The lowest BCUT2D eigenvalue weighted by Gasteiger charge is -2.32. The number of halogens is 3. The zero-order chi connectivity index (χ0) is 20.3. The van der Waals surface area contributed by atoms with Crippen LogP contribution in [0.2, 0.25) is 0 Å². The molecule has 1 aromatic heterocycles. The number of nitrogens with zero attached hydrogens (tertiary/aromatic N) is 3. The van der Waals surface area contributed by atoms with Gasteiger partial charge in [-0.15, -0.1) is 0 Å². The van der Waals surface area contributed by atoms with Crippen molar-refractivity contribution in [3.8, 4) is 5.69 Å². The van der Waals surface area contributed by atoms with Crippen LogP contribution in [0.3, 0.4) is 0 Å². The van der Waals surface area contributed by atoms with E-state index < -0.39 is 17.8 Å². The van der Waals surface area contributed by atoms with E-state index in [1.807, 2.05) is 0 Å². The molecule has 28 heavy (non-hydrogen) atoms. The lowest BCUT2D eigenvalue weighted by molar-refractivity contribution is -0.141. The zero-order valence-corrected chi connectivity index (χ0v) is 15.0. The van der Waals surface area contributed by atoms with Crippen LogP contribution in [-0.4, -0.2) is 44.8 Å². The topological polar surface area (TPSA) is 75.4 Å². The molecule has 1 N–H and O–H groups in total. The minimum Gasteiger partial charge on any atom is -0.481 e. The molecular weight excluding hydrogens is 375 g/mol. The van der Waals surface area contributed by atoms with Crippen LogP contribution in [0.15, 0.2) is 36.5 Å². The first-order valence-electron chi connectivity index (χ1n) is 8.98. The number of carbonyl (C=O) groups excluding carboxylic acids is 1. The SMILES string of the molecule is O=C(O)CCC1CCCN(C(=O)c2cccc(-n3ccc(C(F)(F)F)n3)c2)C1. The summed E-state index contributed by atoms with van der Waals surface area (Å²) >= 11 is 0. The van der Waals surface area contributed by atoms with E-state index in [9.17, 15) is 22.8 Å². The molecule has 1 fully saturated rings. The number of carboxylic acids is 1. The molecule has 1 saturated heterocycles. The summed E-state index contributed by atoms with van der Waals surface area (Å²) in [6.45, 7) is 1.06. The third-order valence-electron chi connectivity index (χ3n) is 4.81. The first-order chi connectivity index (χ1) is 13.2. The van der Waals surface area contributed by atoms with Crippen molar-refractivity contribution in [2.75, 3.05) is 13.1 Å². The monoisotopic (exact) mass is 395 g/mol. The maximum atomic E-state index is 12.8. The molecule has 1 unspecified atom stereocenters. The minimum absolute atomic E-state index is 0.0724. The fourth-order valence-corrected chi connectivity index (χ4v) is 3.40. The maximum absolute atomic E-state index is 12.8. The Morgan fingerprint density at radius 2 is 2.04 bits per heavy atom. The van der Waals surface area contributed by atoms with E-state index in [0.29, 0.717) is 30.8 Å². The number of hydrogen-bond donors (Lipinski definition) is 1. The average molecular weight is 395 g/mol. The quantitative estimate of drug-likeness (QED) is 0.839. The third-order valence-corrected chi connectivity index (χ3v) is 4.81. The van der Waals surface area contributed by atoms with Crippen molar-refractivity contribution in [2.24, 2.45) is 5.92 Å². The summed E-state index contributed by atoms with van der Waals surface area (Å²) < 4.78 is 39.3. The summed E-state index contributed by atoms with van der Waals surface area (Å²) in [5, 5.41) is 12.4. The van der Waals surface area contributed by atoms with E-state index >= 15 is 0 Å². The Balaban J connectivity index is 1.73. The highest BCUT2D eigenvalue weighted by Gasteiger charge is 2.33. The molecule has 0 radical (unpaired) electrons. The van der Waals surface area contributed by atoms with Crippen molar-refractivity contribution in [2.45, 2.75) is 31.9 Å². The van der Waals surface area contributed by atoms with Gasteiger partial charge in [-0.3, -0.25) is 9.59 Å². The van der Waals surface area contributed by atoms with Gasteiger partial charge in [0.2, 0.25) is 0 Å². The Bertz CT molecular complexity index is 863. The van der Waals surface area contributed by atoms with E-state index in [1.54, 1.807) is 23.1 Å². The summed E-state index contributed by atoms with van der Waals surface area (Å²) in [6, 6.07) is 7.18. The lowest BCUT2D eigenvalue weighted by Crippen LogP contribution is -2.40. The van der Waals surface area contributed by atoms with Gasteiger partial charge in [0.25, 0.3) is 5.91 Å². The molecule has 1 atom stereocenters. The molecule has 1 aromatic carbocycles. The minimum atomic E-state index is -4.53. The molecule has 0 bridgehead atoms. The predicted molar refractivity (Wildman–Crippen MR) is 94.1 cm³/mol. The molecule has 0 spiro atoms. The largest absolute Gasteiger partial charge is 0.481 e. The smallest absolute Gasteiger partial charge is 0.435 e. The number of piperidine rings is 1. The molecule has 150 valence electrons. The fourth-order valence-electron chi connectivity index (χ4n) is 3.40. The van der Waals surface area contributed by atoms with Crippen LogP contribution in [-0.2, 0) is 11.0 Å². The second kappa shape index (κ2) is 8.04. The summed E-state index contributed by atoms with van der Waals surface area (Å²) in [6.07, 6.45) is -1.06. The number of aliphatic carboxylic acids is 1. The van der Waals surface area contributed by atoms with Gasteiger partial charge in [0, 0.05) is 31.3 Å². The number of carbonyl (C=O) groups is 2. The van der Waals surface area contributed by atoms with Crippen LogP contribution >= 0.6 is 0 Å². The number of amides is 1. The number of aromatic nitrogens is 2. The van der Waals surface area contributed by atoms with Gasteiger partial charge < -0.3 is 10.0 Å². The highest BCUT2D eigenvalue weighted by Crippen LogP contribution is 2.28. The van der Waals surface area contributed by atoms with E-state index in [-0.39, 0.29) is 18.2 Å². The predicted octanol–water partition coefficient (Wildman–Crippen LogP) is 3.61. The number of hydrogen-bond acceptors (Lipinski definition) is 3. The lowest BCUT2D eigenvalue weighted by atomic mass is 9.93. The van der Waals surface area contributed by atoms with Crippen molar-refractivity contribution in [1.29, 1.82) is 0 Å². The van der Waals surface area contributed by atoms with Gasteiger partial charge in [-0.2, -0.15) is 18.3 Å². The Labute approximate surface area is 159 Å². The summed E-state index contributed by atoms with van der Waals surface area (Å²) in [5.74, 6) is -0.934. The Morgan fingerprint density at radius 1 is 1.25 bits per heavy atom. The fraction of sp³-hybridized carbons (Fsp3) is 0.421. The Hall–Kier alpha value is -2.84. The van der Waals surface area contributed by atoms with Gasteiger partial charge in [-0.05, 0) is 49.4 Å². The summed E-state index contributed by atoms with van der Waals surface area (Å²) in [5.41, 5.74) is -0.275. The highest BCUT2D eigenvalue weighted by atomic mass is 19.4. The van der Waals surface area contributed by atoms with Crippen LogP contribution in [0, 0.1) is 5.92 Å². The average Bonchev–Trinajstić information content (AvgIpc) is 3.17. The first-order valence-corrected chi connectivity index (χ1v) is 8.98. The molecule has 1 amide bonds. The molecule has 6 nitrogen and oxygen atoms in total. The molecule has 2 heterocycles. The van der Waals surface area contributed by atoms with E-state index in [2.05, 4.69) is 5.10 Å². The zero-order valence-electron chi connectivity index (χ0n) is 15.0. The molecule has 9 heteroatoms. The van der Waals surface area contributed by atoms with Gasteiger partial charge in [-0.1, -0.05) is 6.07 Å². The normalized spacial score (nSPS) is 17.5. The Kier molecular flexibility index (Phi) is 5.71. The second-order valence-electron chi connectivity index (χ2n) is 6.89. The number of benzene rings is 1. The van der Waals surface area contributed by atoms with Crippen LogP contribution in [0.25, 0.3) is 5.69 Å². The van der Waals surface area contributed by atoms with Crippen LogP contribution in [0.4, 0.5) is 13.2 Å². The van der Waals surface area contributed by atoms with Crippen LogP contribution in [0.1, 0.15) is 41.7 Å². The molecule has 0 aliphatic carbocycles. The van der Waals surface area contributed by atoms with E-state index in [0.717, 1.165) is 23.6 Å². The van der Waals surface area contributed by atoms with Crippen molar-refractivity contribution in [1.82, 2.24) is 14.7 Å². The van der Waals surface area contributed by atoms with Crippen LogP contribution in [0.5, 0.6) is 0 Å². The van der Waals surface area contributed by atoms with Crippen molar-refractivity contribution < 1.29 is 27.9 Å². The number of alkyl halides is 3. The number of likely N-dealkylation sites (tertiary alicyclic amines) is 1. The van der Waals surface area contributed by atoms with Crippen molar-refractivity contribution >= 4 is 11.9 Å². The molecule has 2 aromatic rings. The van der Waals surface area contributed by atoms with Gasteiger partial charge >= 0.3 is 12.1 Å². The molecular formula is C19H20F3N3O3. The molecule has 1 aliphatic rings. The molecule has 0 saturated carbocycles. The van der Waals surface area contributed by atoms with Gasteiger partial charge in [-0.25, -0.2) is 4.68 Å². The van der Waals surface area contributed by atoms with Crippen molar-refractivity contribution in [3.63, 3.8) is 0 Å². The van der Waals surface area contributed by atoms with Crippen molar-refractivity contribution in [3.05, 3.63) is 47.8 Å². The first kappa shape index (κ1) is 19.9. The highest BCUT2D eigenvalue weighted by molar-refractivity contribution is 5.94. The molecule has 3 rings (SSSR count). The number of carboxylic acid groups (broad SMARTS) is 1. The number of rotatable bonds is 5. The van der Waals surface area contributed by atoms with Gasteiger partial charge in [0.05, 0.1) is 5.69 Å². The Morgan fingerprint density at radius 3 is 2.71 bits per heavy atom. The molecule has 1 aliphatic heterocycles. The van der Waals surface area contributed by atoms with Gasteiger partial charge in [0.1, 0.15) is 0 Å². The summed E-state index contributed by atoms with van der Waals surface area (Å²) in [7, 11) is 0. The second-order valence-corrected chi connectivity index (χ2v) is 6.89. The van der Waals surface area contributed by atoms with E-state index in [1.165, 1.54) is 12.3 Å². The maximum Gasteiger partial charge on any atom is 0.435 e.